The topological polar surface area (TPSA) is 63.0 Å². The van der Waals surface area contributed by atoms with Crippen molar-refractivity contribution >= 4 is 11.8 Å². The van der Waals surface area contributed by atoms with Crippen LogP contribution >= 0.6 is 0 Å². The van der Waals surface area contributed by atoms with E-state index in [2.05, 4.69) is 18.0 Å². The van der Waals surface area contributed by atoms with Gasteiger partial charge in [-0.1, -0.05) is 6.92 Å². The van der Waals surface area contributed by atoms with E-state index in [0.717, 1.165) is 12.1 Å². The van der Waals surface area contributed by atoms with Crippen LogP contribution in [0.4, 0.5) is 0 Å². The third-order valence-electron chi connectivity index (χ3n) is 4.23. The van der Waals surface area contributed by atoms with Gasteiger partial charge in [0.25, 0.3) is 0 Å². The zero-order valence-corrected chi connectivity index (χ0v) is 15.0. The molecule has 2 heterocycles. The summed E-state index contributed by atoms with van der Waals surface area (Å²) in [7, 11) is 0. The molecule has 24 heavy (non-hydrogen) atoms. The van der Waals surface area contributed by atoms with Crippen molar-refractivity contribution in [2.24, 2.45) is 0 Å². The van der Waals surface area contributed by atoms with Gasteiger partial charge >= 0.3 is 5.97 Å². The summed E-state index contributed by atoms with van der Waals surface area (Å²) in [6.45, 7) is 9.94. The van der Waals surface area contributed by atoms with Crippen molar-refractivity contribution in [1.29, 1.82) is 0 Å². The number of ether oxygens (including phenoxy) is 1. The maximum Gasteiger partial charge on any atom is 0.340 e. The van der Waals surface area contributed by atoms with E-state index in [0.29, 0.717) is 29.1 Å². The smallest absolute Gasteiger partial charge is 0.340 e. The van der Waals surface area contributed by atoms with E-state index in [1.807, 2.05) is 23.8 Å². The first kappa shape index (κ1) is 17.9. The van der Waals surface area contributed by atoms with Crippen molar-refractivity contribution in [2.45, 2.75) is 47.6 Å². The van der Waals surface area contributed by atoms with Gasteiger partial charge in [-0.25, -0.2) is 4.79 Å². The van der Waals surface area contributed by atoms with Crippen molar-refractivity contribution in [2.75, 3.05) is 6.61 Å². The number of hydrogen-bond acceptors (Lipinski definition) is 3. The molecule has 0 unspecified atom stereocenters. The lowest BCUT2D eigenvalue weighted by Gasteiger charge is -2.03. The average Bonchev–Trinajstić information content (AvgIpc) is 2.84. The Morgan fingerprint density at radius 2 is 1.88 bits per heavy atom. The molecule has 0 bridgehead atoms. The number of H-pyrrole nitrogens is 1. The van der Waals surface area contributed by atoms with Gasteiger partial charge < -0.3 is 9.72 Å². The van der Waals surface area contributed by atoms with E-state index in [9.17, 15) is 9.59 Å². The summed E-state index contributed by atoms with van der Waals surface area (Å²) < 4.78 is 7.02. The Hall–Kier alpha value is -2.43. The molecule has 2 aromatic heterocycles. The molecule has 2 rings (SSSR count). The van der Waals surface area contributed by atoms with Gasteiger partial charge in [0.15, 0.2) is 11.9 Å². The molecule has 0 spiro atoms. The summed E-state index contributed by atoms with van der Waals surface area (Å²) in [5, 5.41) is 0. The molecule has 0 saturated carbocycles. The van der Waals surface area contributed by atoms with Gasteiger partial charge in [0.05, 0.1) is 17.9 Å². The third-order valence-corrected chi connectivity index (χ3v) is 4.23. The molecule has 0 fully saturated rings. The van der Waals surface area contributed by atoms with Crippen molar-refractivity contribution in [3.8, 4) is 0 Å². The van der Waals surface area contributed by atoms with Crippen LogP contribution in [0, 0.1) is 20.8 Å². The first-order valence-electron chi connectivity index (χ1n) is 8.27. The second-order valence-electron chi connectivity index (χ2n) is 5.93. The summed E-state index contributed by atoms with van der Waals surface area (Å²) in [6.07, 6.45) is 2.92. The van der Waals surface area contributed by atoms with Crippen LogP contribution in [0.3, 0.4) is 0 Å². The molecule has 5 nitrogen and oxygen atoms in total. The lowest BCUT2D eigenvalue weighted by atomic mass is 10.1. The summed E-state index contributed by atoms with van der Waals surface area (Å²) in [6, 6.07) is 4.09. The number of pyridine rings is 1. The minimum Gasteiger partial charge on any atom is -0.462 e. The zero-order valence-electron chi connectivity index (χ0n) is 15.0. The highest BCUT2D eigenvalue weighted by Gasteiger charge is 2.25. The number of nitrogens with zero attached hydrogens (tertiary/aromatic N) is 1. The summed E-state index contributed by atoms with van der Waals surface area (Å²) >= 11 is 0. The fourth-order valence-electron chi connectivity index (χ4n) is 2.82. The predicted molar refractivity (Wildman–Crippen MR) is 91.3 cm³/mol. The van der Waals surface area contributed by atoms with Crippen molar-refractivity contribution < 1.29 is 18.9 Å². The van der Waals surface area contributed by atoms with Crippen LogP contribution in [-0.2, 0) is 17.7 Å². The van der Waals surface area contributed by atoms with Crippen LogP contribution < -0.4 is 4.57 Å². The Labute approximate surface area is 142 Å². The lowest BCUT2D eigenvalue weighted by molar-refractivity contribution is -0.689. The molecule has 0 amide bonds. The Kier molecular flexibility index (Phi) is 5.54. The molecule has 2 aromatic rings. The first-order valence-corrected chi connectivity index (χ1v) is 8.27. The number of aromatic nitrogens is 2. The number of ketones is 1. The molecule has 0 radical (unpaired) electrons. The van der Waals surface area contributed by atoms with Crippen LogP contribution in [0.25, 0.3) is 0 Å². The number of rotatable bonds is 6. The molecular formula is C19H25N2O3+. The van der Waals surface area contributed by atoms with Gasteiger partial charge in [-0.05, 0) is 38.8 Å². The van der Waals surface area contributed by atoms with Crippen LogP contribution in [0.2, 0.25) is 0 Å². The Bertz CT molecular complexity index is 775. The van der Waals surface area contributed by atoms with Crippen LogP contribution in [0.1, 0.15) is 57.2 Å². The minimum atomic E-state index is -0.389. The fourth-order valence-corrected chi connectivity index (χ4v) is 2.82. The van der Waals surface area contributed by atoms with Crippen molar-refractivity contribution in [3.63, 3.8) is 0 Å². The largest absolute Gasteiger partial charge is 0.462 e. The average molecular weight is 329 g/mol. The number of nitrogens with one attached hydrogen (secondary N) is 1. The number of aryl methyl sites for hydroxylation is 3. The van der Waals surface area contributed by atoms with Crippen molar-refractivity contribution in [1.82, 2.24) is 4.98 Å². The molecule has 0 aliphatic heterocycles. The fraction of sp³-hybridized carbons (Fsp3) is 0.421. The molecule has 0 aliphatic carbocycles. The van der Waals surface area contributed by atoms with Crippen LogP contribution in [-0.4, -0.2) is 23.3 Å². The number of carbonyl (C=O) groups is 2. The maximum absolute atomic E-state index is 12.7. The molecule has 128 valence electrons. The summed E-state index contributed by atoms with van der Waals surface area (Å²) in [5.41, 5.74) is 4.46. The van der Waals surface area contributed by atoms with Crippen LogP contribution in [0.15, 0.2) is 18.3 Å². The van der Waals surface area contributed by atoms with Gasteiger partial charge in [-0.3, -0.25) is 4.79 Å². The second-order valence-corrected chi connectivity index (χ2v) is 5.93. The normalized spacial score (nSPS) is 10.7. The van der Waals surface area contributed by atoms with Gasteiger partial charge in [-0.15, -0.1) is 0 Å². The third kappa shape index (κ3) is 3.55. The predicted octanol–water partition coefficient (Wildman–Crippen LogP) is 2.85. The molecule has 5 heteroatoms. The van der Waals surface area contributed by atoms with Crippen LogP contribution in [0.5, 0.6) is 0 Å². The molecule has 0 aromatic carbocycles. The van der Waals surface area contributed by atoms with Gasteiger partial charge in [-0.2, -0.15) is 4.57 Å². The Balaban J connectivity index is 2.31. The number of esters is 1. The summed E-state index contributed by atoms with van der Waals surface area (Å²) in [4.78, 5) is 27.8. The minimum absolute atomic E-state index is 0.0486. The van der Waals surface area contributed by atoms with E-state index in [1.165, 1.54) is 5.56 Å². The van der Waals surface area contributed by atoms with Gasteiger partial charge in [0.1, 0.15) is 0 Å². The lowest BCUT2D eigenvalue weighted by Crippen LogP contribution is -2.41. The highest BCUT2D eigenvalue weighted by atomic mass is 16.5. The Morgan fingerprint density at radius 3 is 2.50 bits per heavy atom. The molecule has 0 aliphatic rings. The van der Waals surface area contributed by atoms with E-state index >= 15 is 0 Å². The number of hydrogen-bond donors (Lipinski definition) is 1. The zero-order chi connectivity index (χ0) is 17.9. The maximum atomic E-state index is 12.7. The first-order chi connectivity index (χ1) is 11.4. The number of Topliss-reactive ketones (excluding diaryl/α,β-unsaturated/α-hetero) is 1. The highest BCUT2D eigenvalue weighted by molar-refractivity contribution is 6.01. The van der Waals surface area contributed by atoms with Gasteiger partial charge in [0, 0.05) is 24.2 Å². The van der Waals surface area contributed by atoms with E-state index in [4.69, 9.17) is 4.74 Å². The standard InChI is InChI=1S/C19H24N2O3/c1-6-15-9-8-12(3)21(10-15)11-16(22)18-13(4)17(14(5)20-18)19(23)24-7-2/h8-10H,6-7,11H2,1-5H3/p+1. The molecule has 0 atom stereocenters. The van der Waals surface area contributed by atoms with E-state index < -0.39 is 0 Å². The quantitative estimate of drug-likeness (QED) is 0.503. The van der Waals surface area contributed by atoms with E-state index in [-0.39, 0.29) is 18.3 Å². The van der Waals surface area contributed by atoms with Crippen molar-refractivity contribution in [3.05, 3.63) is 52.1 Å². The highest BCUT2D eigenvalue weighted by Crippen LogP contribution is 2.19. The Morgan fingerprint density at radius 1 is 1.17 bits per heavy atom. The SMILES string of the molecule is CCOC(=O)c1c(C)[nH]c(C(=O)C[n+]2cc(CC)ccc2C)c1C. The number of aromatic amines is 1. The molecule has 0 saturated heterocycles. The number of carbonyl (C=O) groups excluding carboxylic acids is 2. The van der Waals surface area contributed by atoms with Gasteiger partial charge in [0.2, 0.25) is 12.3 Å². The van der Waals surface area contributed by atoms with E-state index in [1.54, 1.807) is 20.8 Å². The second kappa shape index (κ2) is 7.43. The monoisotopic (exact) mass is 329 g/mol. The molecule has 1 N–H and O–H groups in total. The molecular weight excluding hydrogens is 304 g/mol. The summed E-state index contributed by atoms with van der Waals surface area (Å²) in [5.74, 6) is -0.438.